The van der Waals surface area contributed by atoms with E-state index in [1.54, 1.807) is 19.1 Å². The Morgan fingerprint density at radius 3 is 2.94 bits per heavy atom. The van der Waals surface area contributed by atoms with Crippen molar-refractivity contribution >= 4 is 17.6 Å². The molecule has 4 heteroatoms. The molecule has 0 spiro atoms. The molecule has 0 amide bonds. The van der Waals surface area contributed by atoms with Crippen LogP contribution in [0.4, 0.5) is 0 Å². The van der Waals surface area contributed by atoms with Gasteiger partial charge >= 0.3 is 5.97 Å². The van der Waals surface area contributed by atoms with Crippen LogP contribution in [0.2, 0.25) is 5.02 Å². The third kappa shape index (κ3) is 3.25. The number of aryl methyl sites for hydroxylation is 1. The zero-order chi connectivity index (χ0) is 12.0. The fourth-order valence-corrected chi connectivity index (χ4v) is 1.49. The van der Waals surface area contributed by atoms with Gasteiger partial charge in [-0.15, -0.1) is 0 Å². The summed E-state index contributed by atoms with van der Waals surface area (Å²) in [7, 11) is 0. The largest absolute Gasteiger partial charge is 0.462 e. The fraction of sp³-hybridized carbons (Fsp3) is 0.333. The van der Waals surface area contributed by atoms with Gasteiger partial charge in [-0.3, -0.25) is 0 Å². The summed E-state index contributed by atoms with van der Waals surface area (Å²) in [5, 5.41) is 8.85. The molecule has 0 aromatic heterocycles. The highest BCUT2D eigenvalue weighted by Gasteiger charge is 2.11. The molecule has 0 aliphatic carbocycles. The first-order valence-electron chi connectivity index (χ1n) is 5.01. The third-order valence-electron chi connectivity index (χ3n) is 2.05. The number of ether oxygens (including phenoxy) is 1. The van der Waals surface area contributed by atoms with E-state index in [0.29, 0.717) is 30.0 Å². The summed E-state index contributed by atoms with van der Waals surface area (Å²) in [4.78, 5) is 11.5. The number of hydrogen-bond donors (Lipinski definition) is 0. The third-order valence-corrected chi connectivity index (χ3v) is 2.38. The monoisotopic (exact) mass is 237 g/mol. The van der Waals surface area contributed by atoms with Gasteiger partial charge in [0.05, 0.1) is 23.3 Å². The van der Waals surface area contributed by atoms with Crippen LogP contribution in [0.1, 0.15) is 29.3 Å². The molecule has 3 nitrogen and oxygen atoms in total. The molecule has 0 saturated carbocycles. The maximum Gasteiger partial charge on any atom is 0.339 e. The summed E-state index contributed by atoms with van der Waals surface area (Å²) < 4.78 is 4.88. The molecule has 1 aromatic rings. The van der Waals surface area contributed by atoms with E-state index in [1.165, 1.54) is 0 Å². The zero-order valence-corrected chi connectivity index (χ0v) is 9.75. The standard InChI is InChI=1S/C12H12ClNO2/c1-2-16-12(15)10-8-9(4-3-7-14)5-6-11(10)13/h5-6,8H,2-4H2,1H3. The summed E-state index contributed by atoms with van der Waals surface area (Å²) in [6, 6.07) is 7.19. The summed E-state index contributed by atoms with van der Waals surface area (Å²) in [5.41, 5.74) is 1.27. The van der Waals surface area contributed by atoms with Crippen LogP contribution in [0.3, 0.4) is 0 Å². The zero-order valence-electron chi connectivity index (χ0n) is 9.00. The minimum Gasteiger partial charge on any atom is -0.462 e. The van der Waals surface area contributed by atoms with Crippen molar-refractivity contribution in [2.75, 3.05) is 6.61 Å². The number of esters is 1. The molecule has 84 valence electrons. The Bertz CT molecular complexity index is 424. The van der Waals surface area contributed by atoms with Crippen LogP contribution in [0, 0.1) is 11.3 Å². The Morgan fingerprint density at radius 2 is 2.31 bits per heavy atom. The molecule has 1 aromatic carbocycles. The van der Waals surface area contributed by atoms with Gasteiger partial charge in [-0.1, -0.05) is 17.7 Å². The van der Waals surface area contributed by atoms with Gasteiger partial charge in [0.25, 0.3) is 0 Å². The lowest BCUT2D eigenvalue weighted by molar-refractivity contribution is 0.0526. The molecule has 0 atom stereocenters. The summed E-state index contributed by atoms with van der Waals surface area (Å²) in [5.74, 6) is -0.425. The first kappa shape index (κ1) is 12.5. The van der Waals surface area contributed by atoms with E-state index >= 15 is 0 Å². The van der Waals surface area contributed by atoms with Crippen LogP contribution in [0.15, 0.2) is 18.2 Å². The number of carbonyl (C=O) groups excluding carboxylic acids is 1. The van der Waals surface area contributed by atoms with E-state index in [9.17, 15) is 4.79 Å². The Labute approximate surface area is 99.6 Å². The van der Waals surface area contributed by atoms with E-state index in [4.69, 9.17) is 21.6 Å². The van der Waals surface area contributed by atoms with Crippen LogP contribution in [0.25, 0.3) is 0 Å². The number of nitriles is 1. The van der Waals surface area contributed by atoms with E-state index in [0.717, 1.165) is 5.56 Å². The van der Waals surface area contributed by atoms with Gasteiger partial charge in [0.15, 0.2) is 0 Å². The van der Waals surface area contributed by atoms with Crippen molar-refractivity contribution in [1.82, 2.24) is 0 Å². The molecule has 0 unspecified atom stereocenters. The maximum atomic E-state index is 11.5. The normalized spacial score (nSPS) is 9.56. The molecular weight excluding hydrogens is 226 g/mol. The lowest BCUT2D eigenvalue weighted by atomic mass is 10.1. The van der Waals surface area contributed by atoms with E-state index in [1.807, 2.05) is 6.07 Å². The van der Waals surface area contributed by atoms with Crippen LogP contribution < -0.4 is 0 Å². The Balaban J connectivity index is 2.90. The smallest absolute Gasteiger partial charge is 0.339 e. The summed E-state index contributed by atoms with van der Waals surface area (Å²) in [6.07, 6.45) is 1.03. The highest BCUT2D eigenvalue weighted by Crippen LogP contribution is 2.19. The average Bonchev–Trinajstić information content (AvgIpc) is 2.28. The van der Waals surface area contributed by atoms with Gasteiger partial charge in [0, 0.05) is 6.42 Å². The van der Waals surface area contributed by atoms with Crippen molar-refractivity contribution < 1.29 is 9.53 Å². The van der Waals surface area contributed by atoms with Crippen LogP contribution in [0.5, 0.6) is 0 Å². The minimum absolute atomic E-state index is 0.317. The van der Waals surface area contributed by atoms with Crippen molar-refractivity contribution in [3.8, 4) is 6.07 Å². The Hall–Kier alpha value is -1.53. The van der Waals surface area contributed by atoms with Crippen molar-refractivity contribution in [1.29, 1.82) is 5.26 Å². The first-order valence-corrected chi connectivity index (χ1v) is 5.39. The highest BCUT2D eigenvalue weighted by molar-refractivity contribution is 6.33. The van der Waals surface area contributed by atoms with Gasteiger partial charge < -0.3 is 4.74 Å². The second-order valence-corrected chi connectivity index (χ2v) is 3.60. The molecule has 16 heavy (non-hydrogen) atoms. The van der Waals surface area contributed by atoms with Gasteiger partial charge in [-0.25, -0.2) is 4.79 Å². The van der Waals surface area contributed by atoms with Crippen molar-refractivity contribution in [2.24, 2.45) is 0 Å². The van der Waals surface area contributed by atoms with E-state index < -0.39 is 5.97 Å². The Kier molecular flexibility index (Phi) is 4.81. The molecular formula is C12H12ClNO2. The van der Waals surface area contributed by atoms with Crippen LogP contribution in [-0.4, -0.2) is 12.6 Å². The average molecular weight is 238 g/mol. The minimum atomic E-state index is -0.425. The maximum absolute atomic E-state index is 11.5. The van der Waals surface area contributed by atoms with Gasteiger partial charge in [-0.05, 0) is 31.0 Å². The van der Waals surface area contributed by atoms with Crippen molar-refractivity contribution in [3.63, 3.8) is 0 Å². The van der Waals surface area contributed by atoms with E-state index in [-0.39, 0.29) is 0 Å². The van der Waals surface area contributed by atoms with Gasteiger partial charge in [0.2, 0.25) is 0 Å². The van der Waals surface area contributed by atoms with Crippen LogP contribution >= 0.6 is 11.6 Å². The molecule has 0 aliphatic heterocycles. The predicted molar refractivity (Wildman–Crippen MR) is 61.3 cm³/mol. The first-order chi connectivity index (χ1) is 7.69. The van der Waals surface area contributed by atoms with Gasteiger partial charge in [0.1, 0.15) is 0 Å². The predicted octanol–water partition coefficient (Wildman–Crippen LogP) is 2.97. The fourth-order valence-electron chi connectivity index (χ4n) is 1.29. The second kappa shape index (κ2) is 6.14. The van der Waals surface area contributed by atoms with Crippen LogP contribution in [-0.2, 0) is 11.2 Å². The quantitative estimate of drug-likeness (QED) is 0.757. The molecule has 0 N–H and O–H groups in total. The topological polar surface area (TPSA) is 50.1 Å². The van der Waals surface area contributed by atoms with E-state index in [2.05, 4.69) is 6.07 Å². The summed E-state index contributed by atoms with van der Waals surface area (Å²) >= 11 is 5.90. The lowest BCUT2D eigenvalue weighted by Gasteiger charge is -2.06. The molecule has 1 rings (SSSR count). The highest BCUT2D eigenvalue weighted by atomic mass is 35.5. The number of carbonyl (C=O) groups is 1. The lowest BCUT2D eigenvalue weighted by Crippen LogP contribution is -2.06. The number of hydrogen-bond acceptors (Lipinski definition) is 3. The molecule has 0 saturated heterocycles. The molecule has 0 heterocycles. The number of nitrogens with zero attached hydrogens (tertiary/aromatic N) is 1. The Morgan fingerprint density at radius 1 is 1.56 bits per heavy atom. The number of halogens is 1. The molecule has 0 radical (unpaired) electrons. The second-order valence-electron chi connectivity index (χ2n) is 3.19. The molecule has 0 aliphatic rings. The SMILES string of the molecule is CCOC(=O)c1cc(CCC#N)ccc1Cl. The number of benzene rings is 1. The summed E-state index contributed by atoms with van der Waals surface area (Å²) in [6.45, 7) is 2.06. The molecule has 0 fully saturated rings. The van der Waals surface area contributed by atoms with Gasteiger partial charge in [-0.2, -0.15) is 5.26 Å². The van der Waals surface area contributed by atoms with Crippen molar-refractivity contribution in [2.45, 2.75) is 19.8 Å². The van der Waals surface area contributed by atoms with Crippen molar-refractivity contribution in [3.05, 3.63) is 34.3 Å². The molecule has 0 bridgehead atoms. The number of rotatable bonds is 4.